The van der Waals surface area contributed by atoms with E-state index in [1.807, 2.05) is 11.8 Å². The number of nitrogens with two attached hydrogens (primary N) is 1. The molecule has 1 atom stereocenters. The van der Waals surface area contributed by atoms with Crippen LogP contribution in [0, 0.1) is 0 Å². The number of carbonyl (C=O) groups is 1. The summed E-state index contributed by atoms with van der Waals surface area (Å²) in [6.07, 6.45) is 2.57. The molecule has 1 amide bonds. The van der Waals surface area contributed by atoms with Crippen LogP contribution in [0.4, 0.5) is 5.69 Å². The first-order valence-corrected chi connectivity index (χ1v) is 8.25. The molecule has 3 heterocycles. The quantitative estimate of drug-likeness (QED) is 0.915. The van der Waals surface area contributed by atoms with E-state index in [-0.39, 0.29) is 11.9 Å². The van der Waals surface area contributed by atoms with E-state index in [2.05, 4.69) is 28.6 Å². The predicted molar refractivity (Wildman–Crippen MR) is 84.5 cm³/mol. The third-order valence-corrected chi connectivity index (χ3v) is 5.18. The van der Waals surface area contributed by atoms with Gasteiger partial charge in [-0.1, -0.05) is 13.8 Å². The Morgan fingerprint density at radius 3 is 3.05 bits per heavy atom. The highest BCUT2D eigenvalue weighted by atomic mass is 32.1. The van der Waals surface area contributed by atoms with Gasteiger partial charge in [0.05, 0.1) is 17.4 Å². The maximum atomic E-state index is 12.8. The van der Waals surface area contributed by atoms with Gasteiger partial charge in [0.1, 0.15) is 0 Å². The summed E-state index contributed by atoms with van der Waals surface area (Å²) in [6.45, 7) is 4.84. The van der Waals surface area contributed by atoms with E-state index < -0.39 is 0 Å². The number of thiophene rings is 1. The summed E-state index contributed by atoms with van der Waals surface area (Å²) < 4.78 is 0. The molecule has 1 aliphatic heterocycles. The van der Waals surface area contributed by atoms with Gasteiger partial charge in [-0.25, -0.2) is 0 Å². The van der Waals surface area contributed by atoms with E-state index in [1.54, 1.807) is 11.3 Å². The fourth-order valence-electron chi connectivity index (χ4n) is 3.04. The minimum Gasteiger partial charge on any atom is -0.395 e. The van der Waals surface area contributed by atoms with Crippen molar-refractivity contribution in [3.8, 4) is 0 Å². The number of aromatic nitrogens is 2. The molecule has 6 heteroatoms. The molecule has 0 radical (unpaired) electrons. The fraction of sp³-hybridized carbons (Fsp3) is 0.467. The maximum absolute atomic E-state index is 12.8. The molecule has 3 rings (SSSR count). The zero-order valence-corrected chi connectivity index (χ0v) is 13.2. The van der Waals surface area contributed by atoms with Gasteiger partial charge in [0.25, 0.3) is 5.91 Å². The van der Waals surface area contributed by atoms with Gasteiger partial charge in [-0.3, -0.25) is 9.89 Å². The molecular weight excluding hydrogens is 284 g/mol. The lowest BCUT2D eigenvalue weighted by molar-refractivity contribution is 0.0652. The van der Waals surface area contributed by atoms with E-state index in [9.17, 15) is 4.79 Å². The lowest BCUT2D eigenvalue weighted by atomic mass is 9.97. The second-order valence-corrected chi connectivity index (χ2v) is 6.29. The summed E-state index contributed by atoms with van der Waals surface area (Å²) in [6, 6.07) is 2.27. The smallest absolute Gasteiger partial charge is 0.277 e. The second-order valence-electron chi connectivity index (χ2n) is 5.29. The zero-order chi connectivity index (χ0) is 15.0. The summed E-state index contributed by atoms with van der Waals surface area (Å²) in [4.78, 5) is 16.1. The molecule has 112 valence electrons. The highest BCUT2D eigenvalue weighted by molar-refractivity contribution is 7.10. The van der Waals surface area contributed by atoms with Crippen LogP contribution in [-0.4, -0.2) is 27.5 Å². The van der Waals surface area contributed by atoms with Crippen LogP contribution < -0.4 is 5.73 Å². The van der Waals surface area contributed by atoms with Crippen LogP contribution in [0.15, 0.2) is 11.4 Å². The van der Waals surface area contributed by atoms with E-state index >= 15 is 0 Å². The van der Waals surface area contributed by atoms with Gasteiger partial charge < -0.3 is 10.6 Å². The minimum atomic E-state index is -0.0628. The highest BCUT2D eigenvalue weighted by Gasteiger charge is 2.33. The minimum absolute atomic E-state index is 0.0628. The molecule has 0 bridgehead atoms. The summed E-state index contributed by atoms with van der Waals surface area (Å²) in [5.41, 5.74) is 9.02. The molecule has 0 spiro atoms. The van der Waals surface area contributed by atoms with Gasteiger partial charge in [-0.15, -0.1) is 11.3 Å². The third kappa shape index (κ3) is 2.23. The molecule has 1 aliphatic rings. The number of aromatic amines is 1. The molecule has 0 aromatic carbocycles. The molecule has 0 aliphatic carbocycles. The number of amides is 1. The van der Waals surface area contributed by atoms with Crippen molar-refractivity contribution in [2.45, 2.75) is 39.2 Å². The number of fused-ring (bicyclic) bond motifs is 1. The number of hydrogen-bond acceptors (Lipinski definition) is 4. The first kappa shape index (κ1) is 14.1. The average Bonchev–Trinajstić information content (AvgIpc) is 3.11. The van der Waals surface area contributed by atoms with Gasteiger partial charge >= 0.3 is 0 Å². The van der Waals surface area contributed by atoms with E-state index in [0.717, 1.165) is 31.5 Å². The Morgan fingerprint density at radius 2 is 2.38 bits per heavy atom. The van der Waals surface area contributed by atoms with Crippen molar-refractivity contribution in [1.29, 1.82) is 0 Å². The first-order valence-electron chi connectivity index (χ1n) is 7.37. The Balaban J connectivity index is 1.93. The number of nitrogens with one attached hydrogen (secondary N) is 1. The number of nitrogen functional groups attached to an aromatic ring is 1. The van der Waals surface area contributed by atoms with Gasteiger partial charge in [-0.05, 0) is 36.3 Å². The largest absolute Gasteiger partial charge is 0.395 e. The van der Waals surface area contributed by atoms with Crippen molar-refractivity contribution in [3.63, 3.8) is 0 Å². The Labute approximate surface area is 128 Å². The van der Waals surface area contributed by atoms with Crippen molar-refractivity contribution < 1.29 is 4.79 Å². The topological polar surface area (TPSA) is 75.0 Å². The molecule has 2 aromatic rings. The molecule has 0 fully saturated rings. The molecule has 1 unspecified atom stereocenters. The number of hydrogen-bond donors (Lipinski definition) is 2. The number of H-pyrrole nitrogens is 1. The second kappa shape index (κ2) is 5.52. The first-order chi connectivity index (χ1) is 10.2. The fourth-order valence-corrected chi connectivity index (χ4v) is 3.96. The Morgan fingerprint density at radius 1 is 1.57 bits per heavy atom. The van der Waals surface area contributed by atoms with Crippen molar-refractivity contribution in [2.24, 2.45) is 0 Å². The third-order valence-electron chi connectivity index (χ3n) is 4.18. The summed E-state index contributed by atoms with van der Waals surface area (Å²) >= 11 is 1.78. The van der Waals surface area contributed by atoms with Crippen LogP contribution in [0.2, 0.25) is 0 Å². The Kier molecular flexibility index (Phi) is 3.71. The van der Waals surface area contributed by atoms with E-state index in [1.165, 1.54) is 10.4 Å². The summed E-state index contributed by atoms with van der Waals surface area (Å²) in [5, 5.41) is 9.12. The number of anilines is 1. The van der Waals surface area contributed by atoms with Crippen LogP contribution in [-0.2, 0) is 12.8 Å². The van der Waals surface area contributed by atoms with Gasteiger partial charge in [0.2, 0.25) is 0 Å². The molecular formula is C15H20N4OS. The number of carbonyl (C=O) groups excluding carboxylic acids is 1. The number of rotatable bonds is 3. The van der Waals surface area contributed by atoms with Crippen LogP contribution in [0.5, 0.6) is 0 Å². The van der Waals surface area contributed by atoms with Crippen molar-refractivity contribution in [3.05, 3.63) is 33.3 Å². The highest BCUT2D eigenvalue weighted by Crippen LogP contribution is 2.36. The van der Waals surface area contributed by atoms with Crippen molar-refractivity contribution in [2.75, 3.05) is 12.3 Å². The molecule has 0 saturated heterocycles. The summed E-state index contributed by atoms with van der Waals surface area (Å²) in [7, 11) is 0. The SMILES string of the molecule is CCc1[nH]nc(C(=O)N2CCc3sccc3C2CC)c1N. The Bertz CT molecular complexity index is 660. The van der Waals surface area contributed by atoms with Gasteiger partial charge in [0, 0.05) is 11.4 Å². The van der Waals surface area contributed by atoms with E-state index in [0.29, 0.717) is 11.4 Å². The lowest BCUT2D eigenvalue weighted by Crippen LogP contribution is -2.39. The standard InChI is InChI=1S/C15H20N4OS/c1-3-10-13(16)14(18-17-10)15(20)19-7-5-12-9(6-8-21-12)11(19)4-2/h6,8,11H,3-5,7,16H2,1-2H3,(H,17,18). The number of nitrogens with zero attached hydrogens (tertiary/aromatic N) is 2. The van der Waals surface area contributed by atoms with Crippen LogP contribution in [0.1, 0.15) is 52.9 Å². The average molecular weight is 304 g/mol. The molecule has 0 saturated carbocycles. The molecule has 2 aromatic heterocycles. The van der Waals surface area contributed by atoms with Crippen molar-refractivity contribution in [1.82, 2.24) is 15.1 Å². The van der Waals surface area contributed by atoms with Gasteiger partial charge in [0.15, 0.2) is 5.69 Å². The molecule has 21 heavy (non-hydrogen) atoms. The van der Waals surface area contributed by atoms with Crippen molar-refractivity contribution >= 4 is 22.9 Å². The number of aryl methyl sites for hydroxylation is 1. The Hall–Kier alpha value is -1.82. The zero-order valence-electron chi connectivity index (χ0n) is 12.3. The molecule has 3 N–H and O–H groups in total. The van der Waals surface area contributed by atoms with Crippen LogP contribution in [0.3, 0.4) is 0 Å². The summed E-state index contributed by atoms with van der Waals surface area (Å²) in [5.74, 6) is -0.0628. The van der Waals surface area contributed by atoms with Crippen LogP contribution >= 0.6 is 11.3 Å². The predicted octanol–water partition coefficient (Wildman–Crippen LogP) is 2.77. The molecule has 5 nitrogen and oxygen atoms in total. The lowest BCUT2D eigenvalue weighted by Gasteiger charge is -2.35. The van der Waals surface area contributed by atoms with Crippen LogP contribution in [0.25, 0.3) is 0 Å². The van der Waals surface area contributed by atoms with Gasteiger partial charge in [-0.2, -0.15) is 5.10 Å². The normalized spacial score (nSPS) is 17.8. The maximum Gasteiger partial charge on any atom is 0.277 e. The monoisotopic (exact) mass is 304 g/mol. The van der Waals surface area contributed by atoms with E-state index in [4.69, 9.17) is 5.73 Å².